The zero-order valence-corrected chi connectivity index (χ0v) is 6.75. The normalized spacial score (nSPS) is 42.6. The molecule has 0 spiro atoms. The van der Waals surface area contributed by atoms with Crippen molar-refractivity contribution in [1.82, 2.24) is 0 Å². The second-order valence-corrected chi connectivity index (χ2v) is 2.95. The lowest BCUT2D eigenvalue weighted by Gasteiger charge is -2.31. The Hall–Kier alpha value is -0.490. The van der Waals surface area contributed by atoms with Crippen LogP contribution in [-0.2, 0) is 0 Å². The molecule has 0 aromatic carbocycles. The highest BCUT2D eigenvalue weighted by atomic mass is 16.4. The molecule has 0 aromatic rings. The first-order valence-corrected chi connectivity index (χ1v) is 3.79. The summed E-state index contributed by atoms with van der Waals surface area (Å²) in [4.78, 5) is 3.82. The Kier molecular flexibility index (Phi) is 2.79. The third-order valence-electron chi connectivity index (χ3n) is 2.04. The van der Waals surface area contributed by atoms with Crippen LogP contribution in [0.25, 0.3) is 0 Å². The summed E-state index contributed by atoms with van der Waals surface area (Å²) in [6, 6.07) is -0.481. The summed E-state index contributed by atoms with van der Waals surface area (Å²) in [5, 5.41) is 36.4. The molecule has 0 aliphatic carbocycles. The van der Waals surface area contributed by atoms with Crippen molar-refractivity contribution in [3.05, 3.63) is 0 Å². The summed E-state index contributed by atoms with van der Waals surface area (Å²) in [7, 11) is 0. The van der Waals surface area contributed by atoms with Crippen LogP contribution in [0.1, 0.15) is 6.92 Å². The summed E-state index contributed by atoms with van der Waals surface area (Å²) < 4.78 is 0. The molecule has 1 aliphatic heterocycles. The van der Waals surface area contributed by atoms with Crippen molar-refractivity contribution in [2.45, 2.75) is 31.3 Å². The van der Waals surface area contributed by atoms with Gasteiger partial charge in [0.1, 0.15) is 18.3 Å². The van der Waals surface area contributed by atoms with Gasteiger partial charge in [-0.2, -0.15) is 0 Å². The van der Waals surface area contributed by atoms with Crippen molar-refractivity contribution in [2.75, 3.05) is 6.61 Å². The van der Waals surface area contributed by atoms with Crippen LogP contribution in [0, 0.1) is 0 Å². The molecule has 12 heavy (non-hydrogen) atoms. The van der Waals surface area contributed by atoms with E-state index >= 15 is 0 Å². The van der Waals surface area contributed by atoms with Gasteiger partial charge in [0.05, 0.1) is 18.4 Å². The Labute approximate surface area is 70.0 Å². The van der Waals surface area contributed by atoms with Gasteiger partial charge in [0.25, 0.3) is 0 Å². The van der Waals surface area contributed by atoms with E-state index in [1.54, 1.807) is 6.92 Å². The maximum Gasteiger partial charge on any atom is 0.122 e. The first-order chi connectivity index (χ1) is 5.57. The lowest BCUT2D eigenvalue weighted by molar-refractivity contribution is -0.0507. The molecule has 0 saturated heterocycles. The Balaban J connectivity index is 2.84. The van der Waals surface area contributed by atoms with Gasteiger partial charge in [0, 0.05) is 0 Å². The number of nitrogens with zero attached hydrogens (tertiary/aromatic N) is 1. The predicted octanol–water partition coefficient (Wildman–Crippen LogP) is -2.10. The van der Waals surface area contributed by atoms with Crippen molar-refractivity contribution in [3.8, 4) is 0 Å². The summed E-state index contributed by atoms with van der Waals surface area (Å²) in [5.74, 6) is 0. The van der Waals surface area contributed by atoms with Gasteiger partial charge in [-0.25, -0.2) is 0 Å². The molecule has 0 bridgehead atoms. The van der Waals surface area contributed by atoms with Gasteiger partial charge >= 0.3 is 0 Å². The molecule has 0 fully saturated rings. The molecule has 2 unspecified atom stereocenters. The molecule has 4 atom stereocenters. The van der Waals surface area contributed by atoms with Gasteiger partial charge in [-0.15, -0.1) is 0 Å². The molecular weight excluding hydrogens is 162 g/mol. The predicted molar refractivity (Wildman–Crippen MR) is 42.0 cm³/mol. The van der Waals surface area contributed by atoms with E-state index in [1.807, 2.05) is 0 Å². The van der Waals surface area contributed by atoms with Crippen molar-refractivity contribution >= 4 is 5.71 Å². The van der Waals surface area contributed by atoms with Crippen LogP contribution in [0.5, 0.6) is 0 Å². The van der Waals surface area contributed by atoms with Crippen molar-refractivity contribution in [3.63, 3.8) is 0 Å². The van der Waals surface area contributed by atoms with E-state index in [-0.39, 0.29) is 5.71 Å². The van der Waals surface area contributed by atoms with E-state index in [0.717, 1.165) is 0 Å². The quantitative estimate of drug-likeness (QED) is 0.367. The average molecular weight is 175 g/mol. The second kappa shape index (κ2) is 3.49. The van der Waals surface area contributed by atoms with Gasteiger partial charge in [-0.05, 0) is 6.92 Å². The Morgan fingerprint density at radius 1 is 1.25 bits per heavy atom. The van der Waals surface area contributed by atoms with Crippen LogP contribution in [-0.4, -0.2) is 57.1 Å². The maximum atomic E-state index is 9.23. The summed E-state index contributed by atoms with van der Waals surface area (Å²) in [6.07, 6.45) is -3.56. The Morgan fingerprint density at radius 2 is 1.83 bits per heavy atom. The molecule has 1 heterocycles. The highest BCUT2D eigenvalue weighted by Gasteiger charge is 2.36. The third kappa shape index (κ3) is 1.49. The first-order valence-electron chi connectivity index (χ1n) is 3.79. The number of aliphatic imine (C=N–C) groups is 1. The summed E-state index contributed by atoms with van der Waals surface area (Å²) in [6.45, 7) is 1.21. The minimum Gasteiger partial charge on any atom is -0.390 e. The fourth-order valence-corrected chi connectivity index (χ4v) is 1.22. The number of rotatable bonds is 1. The number of aliphatic hydroxyl groups excluding tert-OH is 4. The number of hydrogen-bond acceptors (Lipinski definition) is 5. The molecule has 5 heteroatoms. The fraction of sp³-hybridized carbons (Fsp3) is 0.857. The molecular formula is C7H13NO4. The highest BCUT2D eigenvalue weighted by molar-refractivity contribution is 5.91. The van der Waals surface area contributed by atoms with E-state index < -0.39 is 31.0 Å². The fourth-order valence-electron chi connectivity index (χ4n) is 1.22. The van der Waals surface area contributed by atoms with Crippen molar-refractivity contribution in [1.29, 1.82) is 0 Å². The maximum absolute atomic E-state index is 9.23. The van der Waals surface area contributed by atoms with E-state index in [4.69, 9.17) is 5.11 Å². The van der Waals surface area contributed by atoms with E-state index in [0.29, 0.717) is 0 Å². The van der Waals surface area contributed by atoms with E-state index in [1.165, 1.54) is 0 Å². The number of aliphatic hydroxyl groups is 4. The van der Waals surface area contributed by atoms with E-state index in [2.05, 4.69) is 4.99 Å². The zero-order valence-electron chi connectivity index (χ0n) is 6.75. The minimum absolute atomic E-state index is 0.125. The molecule has 0 saturated carbocycles. The van der Waals surface area contributed by atoms with Gasteiger partial charge in [-0.3, -0.25) is 4.99 Å². The van der Waals surface area contributed by atoms with Gasteiger partial charge in [0.15, 0.2) is 0 Å². The topological polar surface area (TPSA) is 93.3 Å². The standard InChI is InChI=1S/C7H13NO4/c1-3-5(10)7(12)6(11)4(2-9)8-3/h3,5-7,9-12H,2H2,1H3/t3?,5?,6-,7-/m1/s1. The molecule has 70 valence electrons. The molecule has 4 N–H and O–H groups in total. The van der Waals surface area contributed by atoms with Crippen molar-refractivity contribution in [2.24, 2.45) is 4.99 Å². The summed E-state index contributed by atoms with van der Waals surface area (Å²) >= 11 is 0. The average Bonchev–Trinajstić information content (AvgIpc) is 2.08. The van der Waals surface area contributed by atoms with Crippen LogP contribution in [0.15, 0.2) is 4.99 Å². The first kappa shape index (κ1) is 9.60. The van der Waals surface area contributed by atoms with Crippen LogP contribution in [0.3, 0.4) is 0 Å². The number of hydrogen-bond donors (Lipinski definition) is 4. The van der Waals surface area contributed by atoms with Crippen LogP contribution in [0.4, 0.5) is 0 Å². The molecule has 1 aliphatic rings. The molecule has 0 amide bonds. The monoisotopic (exact) mass is 175 g/mol. The summed E-state index contributed by atoms with van der Waals surface area (Å²) in [5.41, 5.74) is 0.125. The molecule has 1 rings (SSSR count). The highest BCUT2D eigenvalue weighted by Crippen LogP contribution is 2.15. The Bertz CT molecular complexity index is 194. The lowest BCUT2D eigenvalue weighted by Crippen LogP contribution is -2.51. The van der Waals surface area contributed by atoms with Gasteiger partial charge in [0.2, 0.25) is 0 Å². The van der Waals surface area contributed by atoms with Gasteiger partial charge in [-0.1, -0.05) is 0 Å². The van der Waals surface area contributed by atoms with Crippen LogP contribution in [0.2, 0.25) is 0 Å². The lowest BCUT2D eigenvalue weighted by atomic mass is 9.95. The largest absolute Gasteiger partial charge is 0.390 e. The smallest absolute Gasteiger partial charge is 0.122 e. The van der Waals surface area contributed by atoms with E-state index in [9.17, 15) is 15.3 Å². The van der Waals surface area contributed by atoms with Crippen molar-refractivity contribution < 1.29 is 20.4 Å². The SMILES string of the molecule is CC1N=C(CO)[C@@H](O)[C@H](O)C1O. The third-order valence-corrected chi connectivity index (χ3v) is 2.04. The molecule has 5 nitrogen and oxygen atoms in total. The van der Waals surface area contributed by atoms with Gasteiger partial charge < -0.3 is 20.4 Å². The van der Waals surface area contributed by atoms with Crippen LogP contribution < -0.4 is 0 Å². The van der Waals surface area contributed by atoms with Crippen LogP contribution >= 0.6 is 0 Å². The molecule has 0 radical (unpaired) electrons. The minimum atomic E-state index is -1.25. The second-order valence-electron chi connectivity index (χ2n) is 2.95. The Morgan fingerprint density at radius 3 is 2.33 bits per heavy atom. The molecule has 0 aromatic heterocycles. The zero-order chi connectivity index (χ0) is 9.30.